The fraction of sp³-hybridized carbons (Fsp3) is 0.545. The predicted octanol–water partition coefficient (Wildman–Crippen LogP) is 1.13. The number of aromatic carboxylic acids is 1. The molecule has 1 rings (SSSR count). The van der Waals surface area contributed by atoms with Gasteiger partial charge in [0.05, 0.1) is 0 Å². The number of carboxylic acids is 1. The lowest BCUT2D eigenvalue weighted by Gasteiger charge is -2.08. The molecule has 0 amide bonds. The first kappa shape index (κ1) is 16.1. The molecule has 0 aromatic carbocycles. The number of carbonyl (C=O) groups is 1. The average molecular weight is 307 g/mol. The SMILES string of the molecule is CC(CO)CCCNS(=O)(=O)c1ccc(C(=O)O)s1. The van der Waals surface area contributed by atoms with Crippen molar-refractivity contribution in [3.05, 3.63) is 17.0 Å². The Hall–Kier alpha value is -0.960. The summed E-state index contributed by atoms with van der Waals surface area (Å²) in [6.45, 7) is 2.24. The van der Waals surface area contributed by atoms with Crippen LogP contribution in [0, 0.1) is 5.92 Å². The molecule has 0 aliphatic heterocycles. The Kier molecular flexibility index (Phi) is 5.92. The van der Waals surface area contributed by atoms with Crippen molar-refractivity contribution in [3.63, 3.8) is 0 Å². The third-order valence-corrected chi connectivity index (χ3v) is 5.56. The Labute approximate surface area is 116 Å². The molecule has 1 unspecified atom stereocenters. The summed E-state index contributed by atoms with van der Waals surface area (Å²) in [5.74, 6) is -0.993. The number of rotatable bonds is 8. The Morgan fingerprint density at radius 2 is 2.16 bits per heavy atom. The van der Waals surface area contributed by atoms with E-state index in [1.165, 1.54) is 12.1 Å². The molecule has 0 bridgehead atoms. The molecule has 1 aromatic heterocycles. The minimum absolute atomic E-state index is 0.0000988. The molecule has 0 saturated carbocycles. The van der Waals surface area contributed by atoms with Crippen molar-refractivity contribution in [1.82, 2.24) is 4.72 Å². The summed E-state index contributed by atoms with van der Waals surface area (Å²) in [7, 11) is -3.63. The van der Waals surface area contributed by atoms with E-state index in [0.29, 0.717) is 6.42 Å². The average Bonchev–Trinajstić information content (AvgIpc) is 2.84. The number of carboxylic acid groups (broad SMARTS) is 1. The number of nitrogens with one attached hydrogen (secondary N) is 1. The van der Waals surface area contributed by atoms with Gasteiger partial charge in [0.25, 0.3) is 0 Å². The predicted molar refractivity (Wildman–Crippen MR) is 72.0 cm³/mol. The van der Waals surface area contributed by atoms with Gasteiger partial charge in [0.15, 0.2) is 0 Å². The van der Waals surface area contributed by atoms with E-state index in [2.05, 4.69) is 4.72 Å². The molecule has 0 fully saturated rings. The molecule has 19 heavy (non-hydrogen) atoms. The first-order valence-electron chi connectivity index (χ1n) is 5.80. The lowest BCUT2D eigenvalue weighted by molar-refractivity contribution is 0.0702. The highest BCUT2D eigenvalue weighted by Crippen LogP contribution is 2.21. The summed E-state index contributed by atoms with van der Waals surface area (Å²) in [5.41, 5.74) is 0. The monoisotopic (exact) mass is 307 g/mol. The number of hydrogen-bond acceptors (Lipinski definition) is 5. The second-order valence-corrected chi connectivity index (χ2v) is 7.33. The summed E-state index contributed by atoms with van der Waals surface area (Å²) in [6, 6.07) is 2.56. The molecule has 0 aliphatic rings. The Balaban J connectivity index is 2.53. The standard InChI is InChI=1S/C11H17NO5S2/c1-8(7-13)3-2-6-12-19(16,17)10-5-4-9(18-10)11(14)15/h4-5,8,12-13H,2-3,6-7H2,1H3,(H,14,15). The zero-order valence-electron chi connectivity index (χ0n) is 10.5. The van der Waals surface area contributed by atoms with Crippen molar-refractivity contribution in [1.29, 1.82) is 0 Å². The van der Waals surface area contributed by atoms with E-state index in [4.69, 9.17) is 10.2 Å². The van der Waals surface area contributed by atoms with Crippen LogP contribution in [-0.4, -0.2) is 37.8 Å². The smallest absolute Gasteiger partial charge is 0.345 e. The molecule has 108 valence electrons. The summed E-state index contributed by atoms with van der Waals surface area (Å²) >= 11 is 0.727. The van der Waals surface area contributed by atoms with E-state index in [9.17, 15) is 13.2 Å². The first-order chi connectivity index (χ1) is 8.86. The van der Waals surface area contributed by atoms with Gasteiger partial charge in [-0.25, -0.2) is 17.9 Å². The second-order valence-electron chi connectivity index (χ2n) is 4.25. The zero-order valence-corrected chi connectivity index (χ0v) is 12.1. The number of aliphatic hydroxyl groups excluding tert-OH is 1. The normalized spacial score (nSPS) is 13.4. The maximum absolute atomic E-state index is 11.8. The summed E-state index contributed by atoms with van der Waals surface area (Å²) in [5, 5.41) is 17.6. The Bertz CT molecular complexity index is 523. The number of hydrogen-bond donors (Lipinski definition) is 3. The fourth-order valence-electron chi connectivity index (χ4n) is 1.40. The molecule has 1 atom stereocenters. The van der Waals surface area contributed by atoms with Gasteiger partial charge in [0.2, 0.25) is 10.0 Å². The van der Waals surface area contributed by atoms with Crippen LogP contribution >= 0.6 is 11.3 Å². The van der Waals surface area contributed by atoms with Gasteiger partial charge in [0, 0.05) is 13.2 Å². The zero-order chi connectivity index (χ0) is 14.5. The van der Waals surface area contributed by atoms with Gasteiger partial charge in [-0.2, -0.15) is 0 Å². The van der Waals surface area contributed by atoms with Crippen LogP contribution in [0.5, 0.6) is 0 Å². The van der Waals surface area contributed by atoms with Crippen molar-refractivity contribution < 1.29 is 23.4 Å². The topological polar surface area (TPSA) is 104 Å². The minimum Gasteiger partial charge on any atom is -0.477 e. The molecule has 8 heteroatoms. The highest BCUT2D eigenvalue weighted by molar-refractivity contribution is 7.91. The van der Waals surface area contributed by atoms with Gasteiger partial charge in [0.1, 0.15) is 9.09 Å². The fourth-order valence-corrected chi connectivity index (χ4v) is 3.66. The molecule has 1 heterocycles. The van der Waals surface area contributed by atoms with Crippen LogP contribution in [0.3, 0.4) is 0 Å². The van der Waals surface area contributed by atoms with Crippen LogP contribution in [0.25, 0.3) is 0 Å². The van der Waals surface area contributed by atoms with E-state index in [1.807, 2.05) is 6.92 Å². The molecule has 0 saturated heterocycles. The van der Waals surface area contributed by atoms with Crippen molar-refractivity contribution in [2.75, 3.05) is 13.2 Å². The van der Waals surface area contributed by atoms with Crippen LogP contribution in [0.1, 0.15) is 29.4 Å². The van der Waals surface area contributed by atoms with E-state index in [-0.39, 0.29) is 28.2 Å². The third kappa shape index (κ3) is 4.90. The molecule has 6 nitrogen and oxygen atoms in total. The van der Waals surface area contributed by atoms with Gasteiger partial charge in [-0.05, 0) is 30.9 Å². The quantitative estimate of drug-likeness (QED) is 0.625. The highest BCUT2D eigenvalue weighted by Gasteiger charge is 2.18. The van der Waals surface area contributed by atoms with Crippen molar-refractivity contribution in [3.8, 4) is 0 Å². The second kappa shape index (κ2) is 6.99. The van der Waals surface area contributed by atoms with Gasteiger partial charge in [-0.1, -0.05) is 6.92 Å². The Morgan fingerprint density at radius 3 is 2.68 bits per heavy atom. The van der Waals surface area contributed by atoms with Crippen LogP contribution < -0.4 is 4.72 Å². The van der Waals surface area contributed by atoms with E-state index >= 15 is 0 Å². The first-order valence-corrected chi connectivity index (χ1v) is 8.10. The largest absolute Gasteiger partial charge is 0.477 e. The lowest BCUT2D eigenvalue weighted by Crippen LogP contribution is -2.24. The minimum atomic E-state index is -3.63. The van der Waals surface area contributed by atoms with Gasteiger partial charge < -0.3 is 10.2 Å². The van der Waals surface area contributed by atoms with Crippen LogP contribution in [-0.2, 0) is 10.0 Å². The van der Waals surface area contributed by atoms with E-state index in [1.54, 1.807) is 0 Å². The molecule has 0 spiro atoms. The van der Waals surface area contributed by atoms with Crippen LogP contribution in [0.4, 0.5) is 0 Å². The number of aliphatic hydroxyl groups is 1. The van der Waals surface area contributed by atoms with Crippen molar-refractivity contribution in [2.24, 2.45) is 5.92 Å². The molecule has 0 aliphatic carbocycles. The van der Waals surface area contributed by atoms with Crippen molar-refractivity contribution in [2.45, 2.75) is 24.0 Å². The van der Waals surface area contributed by atoms with Gasteiger partial charge in [-0.15, -0.1) is 11.3 Å². The maximum atomic E-state index is 11.8. The van der Waals surface area contributed by atoms with E-state index < -0.39 is 16.0 Å². The van der Waals surface area contributed by atoms with Gasteiger partial charge in [-0.3, -0.25) is 0 Å². The molecular formula is C11H17NO5S2. The summed E-state index contributed by atoms with van der Waals surface area (Å²) < 4.78 is 26.1. The van der Waals surface area contributed by atoms with E-state index in [0.717, 1.165) is 17.8 Å². The molecule has 1 aromatic rings. The van der Waals surface area contributed by atoms with Gasteiger partial charge >= 0.3 is 5.97 Å². The number of sulfonamides is 1. The molecular weight excluding hydrogens is 290 g/mol. The van der Waals surface area contributed by atoms with Crippen LogP contribution in [0.2, 0.25) is 0 Å². The molecule has 0 radical (unpaired) electrons. The third-order valence-electron chi connectivity index (χ3n) is 2.53. The highest BCUT2D eigenvalue weighted by atomic mass is 32.2. The lowest BCUT2D eigenvalue weighted by atomic mass is 10.1. The number of thiophene rings is 1. The van der Waals surface area contributed by atoms with Crippen LogP contribution in [0.15, 0.2) is 16.3 Å². The molecule has 3 N–H and O–H groups in total. The summed E-state index contributed by atoms with van der Waals surface area (Å²) in [6.07, 6.45) is 1.35. The maximum Gasteiger partial charge on any atom is 0.345 e. The Morgan fingerprint density at radius 1 is 1.47 bits per heavy atom. The summed E-state index contributed by atoms with van der Waals surface area (Å²) in [4.78, 5) is 10.7. The van der Waals surface area contributed by atoms with Crippen molar-refractivity contribution >= 4 is 27.3 Å².